The summed E-state index contributed by atoms with van der Waals surface area (Å²) in [4.78, 5) is 21.0. The van der Waals surface area contributed by atoms with E-state index in [-0.39, 0.29) is 12.1 Å². The summed E-state index contributed by atoms with van der Waals surface area (Å²) in [6, 6.07) is 11.4. The quantitative estimate of drug-likeness (QED) is 0.794. The van der Waals surface area contributed by atoms with Crippen molar-refractivity contribution in [3.63, 3.8) is 0 Å². The molecule has 31 heavy (non-hydrogen) atoms. The van der Waals surface area contributed by atoms with Gasteiger partial charge in [-0.05, 0) is 38.7 Å². The Balaban J connectivity index is 1.36. The summed E-state index contributed by atoms with van der Waals surface area (Å²) in [7, 11) is 1.43. The number of hydrogen-bond acceptors (Lipinski definition) is 5. The standard InChI is InChI=1S/C24H35N5O2/c1-17(15-21(25)19-7-5-4-6-8-19)27-12-9-20(10-13-27)29-18(2)26-22-16-28(24(30)31-3)14-11-23(22)29/h4-8,17,20-21H,9-16,25H2,1-3H3/t17?,21-/m0/s1. The van der Waals surface area contributed by atoms with Crippen LogP contribution < -0.4 is 5.73 Å². The third-order valence-corrected chi connectivity index (χ3v) is 6.97. The first kappa shape index (κ1) is 21.8. The number of ether oxygens (including phenoxy) is 1. The van der Waals surface area contributed by atoms with Gasteiger partial charge in [-0.2, -0.15) is 0 Å². The van der Waals surface area contributed by atoms with Crippen LogP contribution in [0.25, 0.3) is 0 Å². The van der Waals surface area contributed by atoms with Crippen molar-refractivity contribution in [1.29, 1.82) is 0 Å². The van der Waals surface area contributed by atoms with Crippen LogP contribution >= 0.6 is 0 Å². The van der Waals surface area contributed by atoms with Gasteiger partial charge in [-0.25, -0.2) is 9.78 Å². The molecule has 1 saturated heterocycles. The molecule has 0 bridgehead atoms. The molecule has 2 aromatic rings. The third-order valence-electron chi connectivity index (χ3n) is 6.97. The minimum absolute atomic E-state index is 0.0783. The predicted octanol–water partition coefficient (Wildman–Crippen LogP) is 3.43. The number of aromatic nitrogens is 2. The molecule has 2 aliphatic rings. The van der Waals surface area contributed by atoms with Gasteiger partial charge in [0, 0.05) is 49.9 Å². The molecule has 1 aromatic carbocycles. The van der Waals surface area contributed by atoms with Gasteiger partial charge < -0.3 is 24.8 Å². The molecule has 3 heterocycles. The van der Waals surface area contributed by atoms with Crippen LogP contribution in [0.1, 0.15) is 61.0 Å². The van der Waals surface area contributed by atoms with Crippen LogP contribution in [0.3, 0.4) is 0 Å². The lowest BCUT2D eigenvalue weighted by molar-refractivity contribution is 0.116. The molecule has 7 nitrogen and oxygen atoms in total. The molecule has 1 aromatic heterocycles. The molecule has 1 amide bonds. The topological polar surface area (TPSA) is 76.6 Å². The fourth-order valence-electron chi connectivity index (χ4n) is 5.25. The van der Waals surface area contributed by atoms with E-state index in [1.807, 2.05) is 6.07 Å². The monoisotopic (exact) mass is 425 g/mol. The normalized spacial score (nSPS) is 19.7. The Morgan fingerprint density at radius 3 is 2.61 bits per heavy atom. The lowest BCUT2D eigenvalue weighted by Crippen LogP contribution is -2.42. The maximum absolute atomic E-state index is 11.9. The van der Waals surface area contributed by atoms with Crippen LogP contribution in [-0.4, -0.2) is 58.2 Å². The molecular formula is C24H35N5O2. The summed E-state index contributed by atoms with van der Waals surface area (Å²) in [6.07, 6.45) is 3.78. The van der Waals surface area contributed by atoms with E-state index in [1.165, 1.54) is 18.4 Å². The van der Waals surface area contributed by atoms with Gasteiger partial charge in [-0.3, -0.25) is 0 Å². The molecule has 4 rings (SSSR count). The Morgan fingerprint density at radius 2 is 1.94 bits per heavy atom. The number of fused-ring (bicyclic) bond motifs is 1. The minimum Gasteiger partial charge on any atom is -0.453 e. The lowest BCUT2D eigenvalue weighted by atomic mass is 9.97. The molecule has 2 aliphatic heterocycles. The third kappa shape index (κ3) is 4.62. The van der Waals surface area contributed by atoms with E-state index in [0.29, 0.717) is 25.2 Å². The summed E-state index contributed by atoms with van der Waals surface area (Å²) in [6.45, 7) is 7.78. The van der Waals surface area contributed by atoms with Crippen LogP contribution in [0.4, 0.5) is 4.79 Å². The molecule has 2 N–H and O–H groups in total. The molecular weight excluding hydrogens is 390 g/mol. The number of piperidine rings is 1. The zero-order valence-corrected chi connectivity index (χ0v) is 19.0. The largest absolute Gasteiger partial charge is 0.453 e. The maximum Gasteiger partial charge on any atom is 0.409 e. The Labute approximate surface area is 185 Å². The minimum atomic E-state index is -0.270. The summed E-state index contributed by atoms with van der Waals surface area (Å²) in [5, 5.41) is 0. The number of nitrogens with two attached hydrogens (primary N) is 1. The number of carbonyl (C=O) groups excluding carboxylic acids is 1. The number of benzene rings is 1. The second kappa shape index (κ2) is 9.40. The van der Waals surface area contributed by atoms with Crippen molar-refractivity contribution in [3.05, 3.63) is 53.1 Å². The van der Waals surface area contributed by atoms with Crippen molar-refractivity contribution in [2.24, 2.45) is 5.73 Å². The van der Waals surface area contributed by atoms with Gasteiger partial charge in [0.15, 0.2) is 0 Å². The highest BCUT2D eigenvalue weighted by atomic mass is 16.5. The number of carbonyl (C=O) groups is 1. The first-order valence-electron chi connectivity index (χ1n) is 11.4. The van der Waals surface area contributed by atoms with Crippen molar-refractivity contribution in [3.8, 4) is 0 Å². The molecule has 168 valence electrons. The smallest absolute Gasteiger partial charge is 0.409 e. The second-order valence-electron chi connectivity index (χ2n) is 8.93. The molecule has 0 saturated carbocycles. The van der Waals surface area contributed by atoms with Gasteiger partial charge in [-0.15, -0.1) is 0 Å². The van der Waals surface area contributed by atoms with Crippen molar-refractivity contribution in [2.45, 2.75) is 64.2 Å². The van der Waals surface area contributed by atoms with E-state index in [0.717, 1.165) is 50.3 Å². The summed E-state index contributed by atoms with van der Waals surface area (Å²) in [5.41, 5.74) is 10.0. The van der Waals surface area contributed by atoms with Gasteiger partial charge in [-0.1, -0.05) is 30.3 Å². The van der Waals surface area contributed by atoms with E-state index < -0.39 is 0 Å². The lowest BCUT2D eigenvalue weighted by Gasteiger charge is -2.38. The SMILES string of the molecule is COC(=O)N1CCc2c(nc(C)n2C2CCN(C(C)C[C@H](N)c3ccccc3)CC2)C1. The zero-order valence-electron chi connectivity index (χ0n) is 19.0. The van der Waals surface area contributed by atoms with E-state index in [1.54, 1.807) is 4.90 Å². The number of hydrogen-bond donors (Lipinski definition) is 1. The molecule has 0 aliphatic carbocycles. The van der Waals surface area contributed by atoms with E-state index in [2.05, 4.69) is 47.6 Å². The van der Waals surface area contributed by atoms with Crippen LogP contribution in [0, 0.1) is 6.92 Å². The first-order valence-corrected chi connectivity index (χ1v) is 11.4. The fraction of sp³-hybridized carbons (Fsp3) is 0.583. The first-order chi connectivity index (χ1) is 15.0. The molecule has 1 fully saturated rings. The Hall–Kier alpha value is -2.38. The van der Waals surface area contributed by atoms with Gasteiger partial charge in [0.1, 0.15) is 5.82 Å². The van der Waals surface area contributed by atoms with Crippen molar-refractivity contribution >= 4 is 6.09 Å². The van der Waals surface area contributed by atoms with Crippen molar-refractivity contribution in [1.82, 2.24) is 19.4 Å². The van der Waals surface area contributed by atoms with Crippen molar-refractivity contribution in [2.75, 3.05) is 26.7 Å². The van der Waals surface area contributed by atoms with Crippen LogP contribution in [0.5, 0.6) is 0 Å². The number of likely N-dealkylation sites (tertiary alicyclic amines) is 1. The number of aryl methyl sites for hydroxylation is 1. The number of rotatable bonds is 5. The average Bonchev–Trinajstić information content (AvgIpc) is 3.13. The summed E-state index contributed by atoms with van der Waals surface area (Å²) >= 11 is 0. The molecule has 0 spiro atoms. The van der Waals surface area contributed by atoms with E-state index >= 15 is 0 Å². The van der Waals surface area contributed by atoms with Gasteiger partial charge in [0.05, 0.1) is 19.3 Å². The van der Waals surface area contributed by atoms with Crippen molar-refractivity contribution < 1.29 is 9.53 Å². The Kier molecular flexibility index (Phi) is 6.62. The number of nitrogens with zero attached hydrogens (tertiary/aromatic N) is 4. The van der Waals surface area contributed by atoms with Gasteiger partial charge >= 0.3 is 6.09 Å². The number of imidazole rings is 1. The zero-order chi connectivity index (χ0) is 22.0. The molecule has 0 radical (unpaired) electrons. The van der Waals surface area contributed by atoms with Crippen LogP contribution in [0.2, 0.25) is 0 Å². The highest BCUT2D eigenvalue weighted by molar-refractivity contribution is 5.67. The number of methoxy groups -OCH3 is 1. The average molecular weight is 426 g/mol. The summed E-state index contributed by atoms with van der Waals surface area (Å²) < 4.78 is 7.33. The van der Waals surface area contributed by atoms with Crippen LogP contribution in [-0.2, 0) is 17.7 Å². The maximum atomic E-state index is 11.9. The fourth-order valence-corrected chi connectivity index (χ4v) is 5.25. The van der Waals surface area contributed by atoms with E-state index in [9.17, 15) is 4.79 Å². The molecule has 1 unspecified atom stereocenters. The molecule has 7 heteroatoms. The Bertz CT molecular complexity index is 889. The molecule has 2 atom stereocenters. The van der Waals surface area contributed by atoms with Crippen LogP contribution in [0.15, 0.2) is 30.3 Å². The van der Waals surface area contributed by atoms with E-state index in [4.69, 9.17) is 15.5 Å². The highest BCUT2D eigenvalue weighted by Crippen LogP contribution is 2.31. The van der Waals surface area contributed by atoms with Gasteiger partial charge in [0.25, 0.3) is 0 Å². The predicted molar refractivity (Wildman–Crippen MR) is 121 cm³/mol. The highest BCUT2D eigenvalue weighted by Gasteiger charge is 2.31. The second-order valence-corrected chi connectivity index (χ2v) is 8.93. The van der Waals surface area contributed by atoms with Gasteiger partial charge in [0.2, 0.25) is 0 Å². The Morgan fingerprint density at radius 1 is 1.23 bits per heavy atom. The number of amides is 1. The summed E-state index contributed by atoms with van der Waals surface area (Å²) in [5.74, 6) is 1.06.